The summed E-state index contributed by atoms with van der Waals surface area (Å²) in [7, 11) is 0. The third kappa shape index (κ3) is 2.97. The van der Waals surface area contributed by atoms with Crippen LogP contribution < -0.4 is 9.80 Å². The Kier molecular flexibility index (Phi) is 4.12. The van der Waals surface area contributed by atoms with Gasteiger partial charge in [0.1, 0.15) is 17.7 Å². The number of halogens is 2. The van der Waals surface area contributed by atoms with Crippen LogP contribution in [0.3, 0.4) is 0 Å². The standard InChI is InChI=1S/C16H14ClFN4/c17-15-9-12(10-19)11-20-16(15)22-7-5-21(6-8-22)14-3-1-13(18)2-4-14/h1-4,9,11H,5-8H2. The van der Waals surface area contributed by atoms with Gasteiger partial charge in [-0.2, -0.15) is 5.26 Å². The van der Waals surface area contributed by atoms with E-state index in [1.165, 1.54) is 18.3 Å². The molecule has 0 bridgehead atoms. The Morgan fingerprint density at radius 1 is 1.09 bits per heavy atom. The van der Waals surface area contributed by atoms with E-state index in [0.29, 0.717) is 16.4 Å². The van der Waals surface area contributed by atoms with Crippen molar-refractivity contribution in [1.82, 2.24) is 4.98 Å². The molecule has 0 spiro atoms. The predicted molar refractivity (Wildman–Crippen MR) is 84.8 cm³/mol. The van der Waals surface area contributed by atoms with Gasteiger partial charge in [0.05, 0.1) is 10.6 Å². The van der Waals surface area contributed by atoms with E-state index < -0.39 is 0 Å². The van der Waals surface area contributed by atoms with Crippen LogP contribution in [-0.2, 0) is 0 Å². The van der Waals surface area contributed by atoms with Gasteiger partial charge in [-0.25, -0.2) is 9.37 Å². The molecule has 0 atom stereocenters. The van der Waals surface area contributed by atoms with E-state index in [4.69, 9.17) is 16.9 Å². The molecule has 0 amide bonds. The summed E-state index contributed by atoms with van der Waals surface area (Å²) in [6.07, 6.45) is 1.54. The quantitative estimate of drug-likeness (QED) is 0.854. The second kappa shape index (κ2) is 6.20. The highest BCUT2D eigenvalue weighted by atomic mass is 35.5. The fourth-order valence-corrected chi connectivity index (χ4v) is 2.84. The van der Waals surface area contributed by atoms with Gasteiger partial charge < -0.3 is 9.80 Å². The van der Waals surface area contributed by atoms with Crippen LogP contribution in [0.15, 0.2) is 36.5 Å². The molecule has 0 aliphatic carbocycles. The summed E-state index contributed by atoms with van der Waals surface area (Å²) in [6.45, 7) is 3.17. The van der Waals surface area contributed by atoms with Crippen LogP contribution in [0.5, 0.6) is 0 Å². The van der Waals surface area contributed by atoms with Gasteiger partial charge in [-0.05, 0) is 30.3 Å². The fraction of sp³-hybridized carbons (Fsp3) is 0.250. The molecule has 6 heteroatoms. The highest BCUT2D eigenvalue weighted by Crippen LogP contribution is 2.26. The number of nitrogens with zero attached hydrogens (tertiary/aromatic N) is 4. The number of piperazine rings is 1. The van der Waals surface area contributed by atoms with E-state index in [0.717, 1.165) is 31.9 Å². The molecule has 1 aliphatic rings. The smallest absolute Gasteiger partial charge is 0.147 e. The maximum Gasteiger partial charge on any atom is 0.147 e. The minimum atomic E-state index is -0.226. The van der Waals surface area contributed by atoms with Crippen molar-refractivity contribution in [1.29, 1.82) is 5.26 Å². The molecule has 1 fully saturated rings. The van der Waals surface area contributed by atoms with Gasteiger partial charge in [-0.15, -0.1) is 0 Å². The lowest BCUT2D eigenvalue weighted by atomic mass is 10.2. The lowest BCUT2D eigenvalue weighted by Crippen LogP contribution is -2.47. The zero-order chi connectivity index (χ0) is 15.5. The molecular weight excluding hydrogens is 303 g/mol. The van der Waals surface area contributed by atoms with Crippen molar-refractivity contribution < 1.29 is 4.39 Å². The Morgan fingerprint density at radius 2 is 1.73 bits per heavy atom. The Hall–Kier alpha value is -2.32. The lowest BCUT2D eigenvalue weighted by Gasteiger charge is -2.37. The van der Waals surface area contributed by atoms with E-state index in [-0.39, 0.29) is 5.82 Å². The van der Waals surface area contributed by atoms with Crippen LogP contribution >= 0.6 is 11.6 Å². The number of hydrogen-bond donors (Lipinski definition) is 0. The van der Waals surface area contributed by atoms with Gasteiger partial charge in [0.25, 0.3) is 0 Å². The van der Waals surface area contributed by atoms with Crippen LogP contribution in [0.4, 0.5) is 15.9 Å². The first-order valence-corrected chi connectivity index (χ1v) is 7.36. The average Bonchev–Trinajstić information content (AvgIpc) is 2.56. The first kappa shape index (κ1) is 14.6. The molecule has 1 saturated heterocycles. The first-order valence-electron chi connectivity index (χ1n) is 6.98. The topological polar surface area (TPSA) is 43.2 Å². The third-order valence-corrected chi connectivity index (χ3v) is 4.00. The van der Waals surface area contributed by atoms with Crippen molar-refractivity contribution in [3.8, 4) is 6.07 Å². The molecular formula is C16H14ClFN4. The van der Waals surface area contributed by atoms with Crippen LogP contribution in [-0.4, -0.2) is 31.2 Å². The molecule has 1 aromatic heterocycles. The summed E-state index contributed by atoms with van der Waals surface area (Å²) in [5.74, 6) is 0.482. The second-order valence-electron chi connectivity index (χ2n) is 5.09. The largest absolute Gasteiger partial charge is 0.368 e. The van der Waals surface area contributed by atoms with Gasteiger partial charge in [0.15, 0.2) is 0 Å². The highest BCUT2D eigenvalue weighted by Gasteiger charge is 2.20. The molecule has 0 N–H and O–H groups in total. The van der Waals surface area contributed by atoms with Crippen molar-refractivity contribution >= 4 is 23.1 Å². The van der Waals surface area contributed by atoms with Gasteiger partial charge >= 0.3 is 0 Å². The van der Waals surface area contributed by atoms with Crippen LogP contribution in [0, 0.1) is 17.1 Å². The van der Waals surface area contributed by atoms with E-state index in [2.05, 4.69) is 14.8 Å². The SMILES string of the molecule is N#Cc1cnc(N2CCN(c3ccc(F)cc3)CC2)c(Cl)c1. The summed E-state index contributed by atoms with van der Waals surface area (Å²) in [5.41, 5.74) is 1.47. The highest BCUT2D eigenvalue weighted by molar-refractivity contribution is 6.33. The molecule has 0 unspecified atom stereocenters. The Labute approximate surface area is 133 Å². The molecule has 2 heterocycles. The summed E-state index contributed by atoms with van der Waals surface area (Å²) in [5, 5.41) is 9.34. The normalized spacial score (nSPS) is 14.8. The molecule has 1 aliphatic heterocycles. The van der Waals surface area contributed by atoms with Gasteiger partial charge in [-0.1, -0.05) is 11.6 Å². The van der Waals surface area contributed by atoms with E-state index in [9.17, 15) is 4.39 Å². The zero-order valence-electron chi connectivity index (χ0n) is 11.8. The Morgan fingerprint density at radius 3 is 2.32 bits per heavy atom. The van der Waals surface area contributed by atoms with Crippen molar-refractivity contribution in [3.63, 3.8) is 0 Å². The molecule has 1 aromatic carbocycles. The van der Waals surface area contributed by atoms with E-state index in [1.807, 2.05) is 6.07 Å². The monoisotopic (exact) mass is 316 g/mol. The number of rotatable bonds is 2. The van der Waals surface area contributed by atoms with Crippen LogP contribution in [0.25, 0.3) is 0 Å². The van der Waals surface area contributed by atoms with Crippen molar-refractivity contribution in [2.75, 3.05) is 36.0 Å². The van der Waals surface area contributed by atoms with Gasteiger partial charge in [-0.3, -0.25) is 0 Å². The number of aromatic nitrogens is 1. The molecule has 0 radical (unpaired) electrons. The number of pyridine rings is 1. The molecule has 4 nitrogen and oxygen atoms in total. The summed E-state index contributed by atoms with van der Waals surface area (Å²) >= 11 is 6.20. The second-order valence-corrected chi connectivity index (χ2v) is 5.50. The number of benzene rings is 1. The zero-order valence-corrected chi connectivity index (χ0v) is 12.6. The first-order chi connectivity index (χ1) is 10.7. The molecule has 22 heavy (non-hydrogen) atoms. The van der Waals surface area contributed by atoms with Gasteiger partial charge in [0.2, 0.25) is 0 Å². The van der Waals surface area contributed by atoms with E-state index >= 15 is 0 Å². The average molecular weight is 317 g/mol. The third-order valence-electron chi connectivity index (χ3n) is 3.72. The lowest BCUT2D eigenvalue weighted by molar-refractivity contribution is 0.624. The molecule has 3 rings (SSSR count). The number of hydrogen-bond acceptors (Lipinski definition) is 4. The maximum atomic E-state index is 13.0. The van der Waals surface area contributed by atoms with Crippen molar-refractivity contribution in [3.05, 3.63) is 52.9 Å². The Bertz CT molecular complexity index is 703. The number of anilines is 2. The minimum Gasteiger partial charge on any atom is -0.368 e. The molecule has 112 valence electrons. The summed E-state index contributed by atoms with van der Waals surface area (Å²) < 4.78 is 13.0. The predicted octanol–water partition coefficient (Wildman–Crippen LogP) is 3.07. The van der Waals surface area contributed by atoms with Crippen molar-refractivity contribution in [2.24, 2.45) is 0 Å². The fourth-order valence-electron chi connectivity index (χ4n) is 2.55. The van der Waals surface area contributed by atoms with Gasteiger partial charge in [0, 0.05) is 38.1 Å². The minimum absolute atomic E-state index is 0.226. The summed E-state index contributed by atoms with van der Waals surface area (Å²) in [4.78, 5) is 8.59. The van der Waals surface area contributed by atoms with Crippen LogP contribution in [0.2, 0.25) is 5.02 Å². The van der Waals surface area contributed by atoms with Crippen molar-refractivity contribution in [2.45, 2.75) is 0 Å². The maximum absolute atomic E-state index is 13.0. The summed E-state index contributed by atoms with van der Waals surface area (Å²) in [6, 6.07) is 10.2. The van der Waals surface area contributed by atoms with E-state index in [1.54, 1.807) is 18.2 Å². The molecule has 2 aromatic rings. The molecule has 0 saturated carbocycles. The number of nitriles is 1. The Balaban J connectivity index is 1.69. The van der Waals surface area contributed by atoms with Crippen LogP contribution in [0.1, 0.15) is 5.56 Å².